The quantitative estimate of drug-likeness (QED) is 0.313. The Bertz CT molecular complexity index is 138. The molecule has 0 aromatic carbocycles. The van der Waals surface area contributed by atoms with E-state index in [-0.39, 0.29) is 23.9 Å². The average Bonchev–Trinajstić information content (AvgIpc) is 2.47. The molecule has 0 unspecified atom stereocenters. The van der Waals surface area contributed by atoms with Gasteiger partial charge in [0.25, 0.3) is 0 Å². The van der Waals surface area contributed by atoms with E-state index < -0.39 is 0 Å². The third-order valence-corrected chi connectivity index (χ3v) is 2.37. The van der Waals surface area contributed by atoms with Crippen molar-refractivity contribution in [3.05, 3.63) is 0 Å². The molecule has 0 heterocycles. The summed E-state index contributed by atoms with van der Waals surface area (Å²) in [6, 6.07) is 0. The van der Waals surface area contributed by atoms with Crippen LogP contribution in [0.5, 0.6) is 0 Å². The SMILES string of the molecule is CC(C)C=NCC(C)C.CCCC.CCCC.CCCC.[Sn]. The summed E-state index contributed by atoms with van der Waals surface area (Å²) in [6.07, 6.45) is 9.93. The van der Waals surface area contributed by atoms with Crippen LogP contribution in [0.2, 0.25) is 0 Å². The fourth-order valence-electron chi connectivity index (χ4n) is 0.482. The number of hydrogen-bond donors (Lipinski definition) is 0. The van der Waals surface area contributed by atoms with Crippen LogP contribution in [0.25, 0.3) is 0 Å². The summed E-state index contributed by atoms with van der Waals surface area (Å²) < 4.78 is 0. The summed E-state index contributed by atoms with van der Waals surface area (Å²) in [5.41, 5.74) is 0. The van der Waals surface area contributed by atoms with Crippen LogP contribution in [0, 0.1) is 11.8 Å². The number of unbranched alkanes of at least 4 members (excludes halogenated alkanes) is 3. The van der Waals surface area contributed by atoms with Crippen molar-refractivity contribution in [2.24, 2.45) is 16.8 Å². The van der Waals surface area contributed by atoms with E-state index in [1.807, 2.05) is 6.21 Å². The molecule has 0 aromatic rings. The van der Waals surface area contributed by atoms with Crippen LogP contribution in [0.4, 0.5) is 0 Å². The van der Waals surface area contributed by atoms with E-state index in [1.165, 1.54) is 38.5 Å². The Morgan fingerprint density at radius 3 is 1.05 bits per heavy atom. The van der Waals surface area contributed by atoms with Crippen molar-refractivity contribution in [2.45, 2.75) is 108 Å². The van der Waals surface area contributed by atoms with Gasteiger partial charge in [-0.05, 0) is 11.8 Å². The molecule has 0 N–H and O–H groups in total. The molecule has 0 aliphatic carbocycles. The Labute approximate surface area is 161 Å². The van der Waals surface area contributed by atoms with Gasteiger partial charge in [0, 0.05) is 36.7 Å². The van der Waals surface area contributed by atoms with Gasteiger partial charge in [0.2, 0.25) is 0 Å². The third-order valence-electron chi connectivity index (χ3n) is 2.37. The van der Waals surface area contributed by atoms with Crippen molar-refractivity contribution in [1.82, 2.24) is 0 Å². The Morgan fingerprint density at radius 1 is 0.636 bits per heavy atom. The summed E-state index contributed by atoms with van der Waals surface area (Å²) in [5.74, 6) is 1.30. The van der Waals surface area contributed by atoms with Crippen molar-refractivity contribution in [3.63, 3.8) is 0 Å². The van der Waals surface area contributed by atoms with Gasteiger partial charge in [-0.15, -0.1) is 0 Å². The molecule has 0 amide bonds. The number of rotatable bonds is 6. The smallest absolute Gasteiger partial charge is 0.0408 e. The molecule has 0 aliphatic heterocycles. The Balaban J connectivity index is -0.0000000632. The normalized spacial score (nSPS) is 9.09. The van der Waals surface area contributed by atoms with Crippen LogP contribution in [-0.4, -0.2) is 36.7 Å². The molecule has 1 nitrogen and oxygen atoms in total. The van der Waals surface area contributed by atoms with E-state index in [0.29, 0.717) is 11.8 Å². The Kier molecular flexibility index (Phi) is 58.0. The van der Waals surface area contributed by atoms with Crippen LogP contribution in [-0.2, 0) is 0 Å². The summed E-state index contributed by atoms with van der Waals surface area (Å²) in [7, 11) is 0. The molecule has 0 spiro atoms. The third kappa shape index (κ3) is 86.5. The molecule has 0 saturated carbocycles. The first-order valence-electron chi connectivity index (χ1n) is 9.37. The van der Waals surface area contributed by atoms with Gasteiger partial charge in [0.15, 0.2) is 0 Å². The minimum absolute atomic E-state index is 0. The average molecular weight is 420 g/mol. The zero-order chi connectivity index (χ0) is 17.5. The van der Waals surface area contributed by atoms with Gasteiger partial charge in [0.1, 0.15) is 0 Å². The summed E-state index contributed by atoms with van der Waals surface area (Å²) in [5, 5.41) is 0. The van der Waals surface area contributed by atoms with E-state index in [0.717, 1.165) is 6.54 Å². The Morgan fingerprint density at radius 2 is 0.909 bits per heavy atom. The van der Waals surface area contributed by atoms with Crippen LogP contribution in [0.1, 0.15) is 108 Å². The molecule has 0 saturated heterocycles. The molecule has 0 aromatic heterocycles. The predicted molar refractivity (Wildman–Crippen MR) is 111 cm³/mol. The largest absolute Gasteiger partial charge is 0.297 e. The first-order chi connectivity index (χ1) is 9.87. The van der Waals surface area contributed by atoms with Crippen molar-refractivity contribution in [1.29, 1.82) is 0 Å². The first-order valence-corrected chi connectivity index (χ1v) is 9.37. The van der Waals surface area contributed by atoms with Crippen molar-refractivity contribution < 1.29 is 0 Å². The van der Waals surface area contributed by atoms with E-state index in [4.69, 9.17) is 0 Å². The number of hydrogen-bond acceptors (Lipinski definition) is 1. The molecule has 136 valence electrons. The van der Waals surface area contributed by atoms with Gasteiger partial charge in [0.05, 0.1) is 0 Å². The molecule has 22 heavy (non-hydrogen) atoms. The molecule has 0 atom stereocenters. The van der Waals surface area contributed by atoms with E-state index in [9.17, 15) is 0 Å². The maximum Gasteiger partial charge on any atom is 0.0408 e. The minimum Gasteiger partial charge on any atom is -0.297 e. The minimum atomic E-state index is 0. The predicted octanol–water partition coefficient (Wildman–Crippen LogP) is 7.41. The van der Waals surface area contributed by atoms with Crippen LogP contribution >= 0.6 is 0 Å². The van der Waals surface area contributed by atoms with Crippen molar-refractivity contribution >= 4 is 30.1 Å². The van der Waals surface area contributed by atoms with E-state index >= 15 is 0 Å². The zero-order valence-corrected chi connectivity index (χ0v) is 20.5. The molecule has 2 heteroatoms. The molecule has 0 rings (SSSR count). The molecule has 4 radical (unpaired) electrons. The number of nitrogens with zero attached hydrogens (tertiary/aromatic N) is 1. The first kappa shape index (κ1) is 33.9. The maximum absolute atomic E-state index is 4.25. The topological polar surface area (TPSA) is 12.4 Å². The van der Waals surface area contributed by atoms with E-state index in [1.54, 1.807) is 0 Å². The maximum atomic E-state index is 4.25. The van der Waals surface area contributed by atoms with Gasteiger partial charge < -0.3 is 0 Å². The molecular formula is C20H47NSn. The fourth-order valence-corrected chi connectivity index (χ4v) is 0.482. The summed E-state index contributed by atoms with van der Waals surface area (Å²) in [4.78, 5) is 4.25. The second-order valence-electron chi connectivity index (χ2n) is 6.15. The zero-order valence-electron chi connectivity index (χ0n) is 17.6. The van der Waals surface area contributed by atoms with Crippen molar-refractivity contribution in [2.75, 3.05) is 6.54 Å². The van der Waals surface area contributed by atoms with Gasteiger partial charge in [-0.1, -0.05) is 108 Å². The Hall–Kier alpha value is 0.469. The van der Waals surface area contributed by atoms with Crippen LogP contribution in [0.3, 0.4) is 0 Å². The van der Waals surface area contributed by atoms with Crippen LogP contribution < -0.4 is 0 Å². The monoisotopic (exact) mass is 421 g/mol. The van der Waals surface area contributed by atoms with Crippen LogP contribution in [0.15, 0.2) is 4.99 Å². The van der Waals surface area contributed by atoms with Crippen molar-refractivity contribution in [3.8, 4) is 0 Å². The van der Waals surface area contributed by atoms with Gasteiger partial charge in [-0.25, -0.2) is 0 Å². The molecule has 0 fully saturated rings. The van der Waals surface area contributed by atoms with Gasteiger partial charge in [-0.3, -0.25) is 4.99 Å². The summed E-state index contributed by atoms with van der Waals surface area (Å²) in [6.45, 7) is 22.7. The second kappa shape index (κ2) is 37.6. The van der Waals surface area contributed by atoms with E-state index in [2.05, 4.69) is 74.2 Å². The second-order valence-corrected chi connectivity index (χ2v) is 6.15. The standard InChI is InChI=1S/C8H17N.3C4H10.Sn/c1-7(2)5-9-6-8(3)4;3*1-3-4-2;/h5,7-8H,6H2,1-4H3;3*3-4H2,1-2H3;. The molecular weight excluding hydrogens is 373 g/mol. The molecule has 0 aliphatic rings. The molecule has 0 bridgehead atoms. The number of aliphatic imine (C=N–C) groups is 1. The summed E-state index contributed by atoms with van der Waals surface area (Å²) >= 11 is 0. The van der Waals surface area contributed by atoms with Gasteiger partial charge >= 0.3 is 0 Å². The van der Waals surface area contributed by atoms with Gasteiger partial charge in [-0.2, -0.15) is 0 Å². The fraction of sp³-hybridized carbons (Fsp3) is 0.950.